The molecule has 2 rings (SSSR count). The fourth-order valence-corrected chi connectivity index (χ4v) is 2.07. The number of aryl methyl sites for hydroxylation is 1. The van der Waals surface area contributed by atoms with Gasteiger partial charge in [-0.25, -0.2) is 0 Å². The molecule has 1 heterocycles. The highest BCUT2D eigenvalue weighted by molar-refractivity contribution is 5.98. The van der Waals surface area contributed by atoms with Gasteiger partial charge in [-0.15, -0.1) is 0 Å². The molecule has 96 valence electrons. The summed E-state index contributed by atoms with van der Waals surface area (Å²) in [5.74, 6) is -0.102. The second-order valence-corrected chi connectivity index (χ2v) is 4.53. The summed E-state index contributed by atoms with van der Waals surface area (Å²) in [6, 6.07) is 9.75. The number of aliphatic hydroxyl groups excluding tert-OH is 1. The van der Waals surface area contributed by atoms with Gasteiger partial charge in [0.1, 0.15) is 5.69 Å². The molecule has 18 heavy (non-hydrogen) atoms. The Morgan fingerprint density at radius 2 is 2.17 bits per heavy atom. The minimum absolute atomic E-state index is 0.0273. The van der Waals surface area contributed by atoms with E-state index in [1.807, 2.05) is 48.9 Å². The summed E-state index contributed by atoms with van der Waals surface area (Å²) in [5.41, 5.74) is 1.68. The van der Waals surface area contributed by atoms with Crippen molar-refractivity contribution in [2.24, 2.45) is 7.05 Å². The van der Waals surface area contributed by atoms with E-state index >= 15 is 0 Å². The number of benzene rings is 1. The molecule has 4 nitrogen and oxygen atoms in total. The third-order valence-electron chi connectivity index (χ3n) is 3.12. The summed E-state index contributed by atoms with van der Waals surface area (Å²) in [4.78, 5) is 12.1. The molecule has 0 bridgehead atoms. The molecule has 0 aliphatic heterocycles. The van der Waals surface area contributed by atoms with Crippen LogP contribution in [0.5, 0.6) is 0 Å². The number of amides is 1. The van der Waals surface area contributed by atoms with Gasteiger partial charge in [-0.05, 0) is 25.5 Å². The molecule has 4 heteroatoms. The van der Waals surface area contributed by atoms with E-state index in [0.717, 1.165) is 10.9 Å². The van der Waals surface area contributed by atoms with Crippen molar-refractivity contribution in [1.29, 1.82) is 0 Å². The van der Waals surface area contributed by atoms with Crippen molar-refractivity contribution in [3.63, 3.8) is 0 Å². The van der Waals surface area contributed by atoms with E-state index < -0.39 is 0 Å². The molecule has 1 aromatic carbocycles. The Kier molecular flexibility index (Phi) is 3.67. The molecule has 0 saturated heterocycles. The minimum Gasteiger partial charge on any atom is -0.396 e. The molecule has 1 atom stereocenters. The zero-order valence-electron chi connectivity index (χ0n) is 10.7. The Labute approximate surface area is 106 Å². The van der Waals surface area contributed by atoms with Crippen molar-refractivity contribution < 1.29 is 9.90 Å². The molecule has 0 fully saturated rings. The molecule has 2 N–H and O–H groups in total. The maximum atomic E-state index is 12.1. The topological polar surface area (TPSA) is 54.3 Å². The van der Waals surface area contributed by atoms with Crippen molar-refractivity contribution >= 4 is 16.8 Å². The van der Waals surface area contributed by atoms with Crippen molar-refractivity contribution in [2.75, 3.05) is 6.61 Å². The van der Waals surface area contributed by atoms with Gasteiger partial charge in [0.2, 0.25) is 0 Å². The Morgan fingerprint density at radius 3 is 2.83 bits per heavy atom. The number of carbonyl (C=O) groups is 1. The molecule has 0 spiro atoms. The van der Waals surface area contributed by atoms with Crippen LogP contribution in [0.2, 0.25) is 0 Å². The lowest BCUT2D eigenvalue weighted by atomic mass is 10.2. The van der Waals surface area contributed by atoms with Crippen molar-refractivity contribution in [2.45, 2.75) is 19.4 Å². The molecule has 0 aliphatic rings. The second-order valence-electron chi connectivity index (χ2n) is 4.53. The van der Waals surface area contributed by atoms with Crippen LogP contribution in [-0.2, 0) is 7.05 Å². The van der Waals surface area contributed by atoms with Gasteiger partial charge in [-0.1, -0.05) is 18.2 Å². The third kappa shape index (κ3) is 2.38. The molecule has 1 amide bonds. The van der Waals surface area contributed by atoms with Gasteiger partial charge < -0.3 is 15.0 Å². The highest BCUT2D eigenvalue weighted by atomic mass is 16.3. The van der Waals surface area contributed by atoms with Crippen LogP contribution >= 0.6 is 0 Å². The van der Waals surface area contributed by atoms with Crippen molar-refractivity contribution in [3.8, 4) is 0 Å². The smallest absolute Gasteiger partial charge is 0.268 e. The van der Waals surface area contributed by atoms with Crippen LogP contribution in [0.15, 0.2) is 30.3 Å². The normalized spacial score (nSPS) is 12.6. The summed E-state index contributed by atoms with van der Waals surface area (Å²) >= 11 is 0. The fourth-order valence-electron chi connectivity index (χ4n) is 2.07. The molecular weight excluding hydrogens is 228 g/mol. The number of aromatic nitrogens is 1. The quantitative estimate of drug-likeness (QED) is 0.862. The average Bonchev–Trinajstić information content (AvgIpc) is 2.68. The first-order valence-corrected chi connectivity index (χ1v) is 6.09. The number of carbonyl (C=O) groups excluding carboxylic acids is 1. The molecule has 2 aromatic rings. The fraction of sp³-hybridized carbons (Fsp3) is 0.357. The number of fused-ring (bicyclic) bond motifs is 1. The predicted octanol–water partition coefficient (Wildman–Crippen LogP) is 1.68. The highest BCUT2D eigenvalue weighted by Crippen LogP contribution is 2.18. The largest absolute Gasteiger partial charge is 0.396 e. The van der Waals surface area contributed by atoms with Gasteiger partial charge in [0.15, 0.2) is 0 Å². The number of nitrogens with zero attached hydrogens (tertiary/aromatic N) is 1. The van der Waals surface area contributed by atoms with Gasteiger partial charge in [0.25, 0.3) is 5.91 Å². The number of rotatable bonds is 4. The molecule has 1 aromatic heterocycles. The Bertz CT molecular complexity index is 560. The standard InChI is InChI=1S/C14H18N2O2/c1-10(7-8-17)15-14(18)13-9-11-5-3-4-6-12(11)16(13)2/h3-6,9-10,17H,7-8H2,1-2H3,(H,15,18). The molecule has 0 aliphatic carbocycles. The van der Waals surface area contributed by atoms with Crippen LogP contribution in [0.1, 0.15) is 23.8 Å². The summed E-state index contributed by atoms with van der Waals surface area (Å²) in [6.45, 7) is 1.97. The lowest BCUT2D eigenvalue weighted by Crippen LogP contribution is -2.34. The number of aliphatic hydroxyl groups is 1. The lowest BCUT2D eigenvalue weighted by molar-refractivity contribution is 0.0926. The third-order valence-corrected chi connectivity index (χ3v) is 3.12. The molecular formula is C14H18N2O2. The average molecular weight is 246 g/mol. The SMILES string of the molecule is CC(CCO)NC(=O)c1cc2ccccc2n1C. The van der Waals surface area contributed by atoms with E-state index in [1.54, 1.807) is 0 Å². The second kappa shape index (κ2) is 5.23. The molecule has 0 saturated carbocycles. The van der Waals surface area contributed by atoms with Crippen molar-refractivity contribution in [1.82, 2.24) is 9.88 Å². The maximum absolute atomic E-state index is 12.1. The summed E-state index contributed by atoms with van der Waals surface area (Å²) in [6.07, 6.45) is 0.565. The van der Waals surface area contributed by atoms with Crippen molar-refractivity contribution in [3.05, 3.63) is 36.0 Å². The van der Waals surface area contributed by atoms with Gasteiger partial charge in [0, 0.05) is 30.6 Å². The number of hydrogen-bond donors (Lipinski definition) is 2. The van der Waals surface area contributed by atoms with Crippen LogP contribution in [0, 0.1) is 0 Å². The minimum atomic E-state index is -0.102. The monoisotopic (exact) mass is 246 g/mol. The van der Waals surface area contributed by atoms with Crippen LogP contribution in [-0.4, -0.2) is 28.2 Å². The zero-order chi connectivity index (χ0) is 13.1. The Morgan fingerprint density at radius 1 is 1.44 bits per heavy atom. The lowest BCUT2D eigenvalue weighted by Gasteiger charge is -2.12. The Balaban J connectivity index is 2.25. The van der Waals surface area contributed by atoms with E-state index in [1.165, 1.54) is 0 Å². The van der Waals surface area contributed by atoms with Crippen LogP contribution in [0.3, 0.4) is 0 Å². The van der Waals surface area contributed by atoms with E-state index in [4.69, 9.17) is 5.11 Å². The highest BCUT2D eigenvalue weighted by Gasteiger charge is 2.14. The number of nitrogens with one attached hydrogen (secondary N) is 1. The Hall–Kier alpha value is -1.81. The predicted molar refractivity (Wildman–Crippen MR) is 71.6 cm³/mol. The van der Waals surface area contributed by atoms with E-state index in [9.17, 15) is 4.79 Å². The molecule has 1 unspecified atom stereocenters. The first-order chi connectivity index (χ1) is 8.63. The molecule has 0 radical (unpaired) electrons. The number of para-hydroxylation sites is 1. The van der Waals surface area contributed by atoms with Gasteiger partial charge in [-0.3, -0.25) is 4.79 Å². The first-order valence-electron chi connectivity index (χ1n) is 6.09. The zero-order valence-corrected chi connectivity index (χ0v) is 10.7. The first kappa shape index (κ1) is 12.6. The van der Waals surface area contributed by atoms with Crippen LogP contribution in [0.25, 0.3) is 10.9 Å². The van der Waals surface area contributed by atoms with Gasteiger partial charge in [0.05, 0.1) is 0 Å². The maximum Gasteiger partial charge on any atom is 0.268 e. The van der Waals surface area contributed by atoms with E-state index in [2.05, 4.69) is 5.32 Å². The van der Waals surface area contributed by atoms with E-state index in [0.29, 0.717) is 12.1 Å². The van der Waals surface area contributed by atoms with Gasteiger partial charge >= 0.3 is 0 Å². The van der Waals surface area contributed by atoms with Crippen LogP contribution in [0.4, 0.5) is 0 Å². The summed E-state index contributed by atoms with van der Waals surface area (Å²) in [5, 5.41) is 12.8. The van der Waals surface area contributed by atoms with E-state index in [-0.39, 0.29) is 18.6 Å². The van der Waals surface area contributed by atoms with Crippen LogP contribution < -0.4 is 5.32 Å². The number of hydrogen-bond acceptors (Lipinski definition) is 2. The summed E-state index contributed by atoms with van der Waals surface area (Å²) < 4.78 is 1.89. The summed E-state index contributed by atoms with van der Waals surface area (Å²) in [7, 11) is 1.88. The van der Waals surface area contributed by atoms with Gasteiger partial charge in [-0.2, -0.15) is 0 Å².